The van der Waals surface area contributed by atoms with E-state index in [9.17, 15) is 17.6 Å². The van der Waals surface area contributed by atoms with Crippen LogP contribution in [0.15, 0.2) is 12.1 Å². The molecule has 0 saturated carbocycles. The van der Waals surface area contributed by atoms with Crippen LogP contribution in [0, 0.1) is 5.82 Å². The fourth-order valence-corrected chi connectivity index (χ4v) is 1.26. The first-order valence-corrected chi connectivity index (χ1v) is 4.30. The van der Waals surface area contributed by atoms with E-state index in [-0.39, 0.29) is 0 Å². The lowest BCUT2D eigenvalue weighted by atomic mass is 10.00. The SMILES string of the molecule is Nc1cc(C(F)(F)F)c([C@H](N)CO)cc1F. The van der Waals surface area contributed by atoms with Crippen molar-refractivity contribution in [2.75, 3.05) is 12.3 Å². The number of alkyl halides is 3. The number of nitrogens with two attached hydrogens (primary N) is 2. The summed E-state index contributed by atoms with van der Waals surface area (Å²) in [4.78, 5) is 0. The summed E-state index contributed by atoms with van der Waals surface area (Å²) in [6.07, 6.45) is -4.69. The van der Waals surface area contributed by atoms with Gasteiger partial charge in [0.25, 0.3) is 0 Å². The van der Waals surface area contributed by atoms with Crippen LogP contribution in [-0.4, -0.2) is 11.7 Å². The summed E-state index contributed by atoms with van der Waals surface area (Å²) >= 11 is 0. The molecule has 5 N–H and O–H groups in total. The highest BCUT2D eigenvalue weighted by Crippen LogP contribution is 2.36. The third-order valence-corrected chi connectivity index (χ3v) is 2.07. The Kier molecular flexibility index (Phi) is 3.39. The molecule has 16 heavy (non-hydrogen) atoms. The molecule has 0 aliphatic carbocycles. The second kappa shape index (κ2) is 4.26. The molecule has 1 rings (SSSR count). The standard InChI is InChI=1S/C9H10F4N2O/c10-6-1-4(8(15)3-16)5(2-7(6)14)9(11,12)13/h1-2,8,16H,3,14-15H2/t8-/m1/s1. The lowest BCUT2D eigenvalue weighted by Crippen LogP contribution is -2.21. The summed E-state index contributed by atoms with van der Waals surface area (Å²) < 4.78 is 50.6. The van der Waals surface area contributed by atoms with E-state index < -0.39 is 41.5 Å². The summed E-state index contributed by atoms with van der Waals surface area (Å²) in [5, 5.41) is 8.69. The van der Waals surface area contributed by atoms with Crippen molar-refractivity contribution in [3.8, 4) is 0 Å². The molecule has 0 fully saturated rings. The van der Waals surface area contributed by atoms with Gasteiger partial charge in [0.1, 0.15) is 5.82 Å². The van der Waals surface area contributed by atoms with Crippen LogP contribution in [0.1, 0.15) is 17.2 Å². The Bertz CT molecular complexity index is 392. The molecule has 0 radical (unpaired) electrons. The van der Waals surface area contributed by atoms with Gasteiger partial charge in [-0.15, -0.1) is 0 Å². The number of rotatable bonds is 2. The smallest absolute Gasteiger partial charge is 0.396 e. The third-order valence-electron chi connectivity index (χ3n) is 2.07. The zero-order valence-electron chi connectivity index (χ0n) is 8.05. The first-order valence-electron chi connectivity index (χ1n) is 4.30. The molecule has 0 aliphatic rings. The van der Waals surface area contributed by atoms with Crippen LogP contribution in [0.25, 0.3) is 0 Å². The molecule has 1 aromatic rings. The van der Waals surface area contributed by atoms with E-state index >= 15 is 0 Å². The summed E-state index contributed by atoms with van der Waals surface area (Å²) in [5.74, 6) is -0.994. The monoisotopic (exact) mass is 238 g/mol. The van der Waals surface area contributed by atoms with Gasteiger partial charge in [-0.25, -0.2) is 4.39 Å². The molecule has 90 valence electrons. The maximum Gasteiger partial charge on any atom is 0.416 e. The van der Waals surface area contributed by atoms with E-state index in [2.05, 4.69) is 0 Å². The molecule has 1 aromatic carbocycles. The fourth-order valence-electron chi connectivity index (χ4n) is 1.26. The van der Waals surface area contributed by atoms with Gasteiger partial charge in [-0.05, 0) is 17.7 Å². The Morgan fingerprint density at radius 2 is 1.88 bits per heavy atom. The van der Waals surface area contributed by atoms with Crippen molar-refractivity contribution in [1.29, 1.82) is 0 Å². The van der Waals surface area contributed by atoms with Gasteiger partial charge in [0, 0.05) is 0 Å². The van der Waals surface area contributed by atoms with Crippen molar-refractivity contribution >= 4 is 5.69 Å². The van der Waals surface area contributed by atoms with E-state index in [1.807, 2.05) is 0 Å². The van der Waals surface area contributed by atoms with Crippen molar-refractivity contribution in [1.82, 2.24) is 0 Å². The minimum atomic E-state index is -4.69. The van der Waals surface area contributed by atoms with Gasteiger partial charge in [-0.3, -0.25) is 0 Å². The summed E-state index contributed by atoms with van der Waals surface area (Å²) in [6, 6.07) is -0.231. The maximum absolute atomic E-state index is 13.0. The maximum atomic E-state index is 13.0. The zero-order chi connectivity index (χ0) is 12.5. The Morgan fingerprint density at radius 1 is 1.31 bits per heavy atom. The Balaban J connectivity index is 3.39. The van der Waals surface area contributed by atoms with Crippen molar-refractivity contribution in [3.05, 3.63) is 29.1 Å². The summed E-state index contributed by atoms with van der Waals surface area (Å²) in [5.41, 5.74) is 8.05. The molecule has 0 bridgehead atoms. The number of aliphatic hydroxyl groups is 1. The van der Waals surface area contributed by atoms with Crippen LogP contribution in [0.3, 0.4) is 0 Å². The molecule has 7 heteroatoms. The molecular weight excluding hydrogens is 228 g/mol. The lowest BCUT2D eigenvalue weighted by molar-refractivity contribution is -0.138. The van der Waals surface area contributed by atoms with Crippen molar-refractivity contribution in [2.45, 2.75) is 12.2 Å². The highest BCUT2D eigenvalue weighted by Gasteiger charge is 2.35. The van der Waals surface area contributed by atoms with Crippen LogP contribution < -0.4 is 11.5 Å². The molecule has 0 aliphatic heterocycles. The van der Waals surface area contributed by atoms with Crippen LogP contribution >= 0.6 is 0 Å². The fraction of sp³-hybridized carbons (Fsp3) is 0.333. The molecule has 0 amide bonds. The number of halogens is 4. The predicted octanol–water partition coefficient (Wildman–Crippen LogP) is 1.42. The van der Waals surface area contributed by atoms with Crippen molar-refractivity contribution < 1.29 is 22.7 Å². The van der Waals surface area contributed by atoms with Crippen molar-refractivity contribution in [3.63, 3.8) is 0 Å². The van der Waals surface area contributed by atoms with E-state index in [1.54, 1.807) is 0 Å². The van der Waals surface area contributed by atoms with Gasteiger partial charge in [0.15, 0.2) is 0 Å². The molecule has 1 atom stereocenters. The largest absolute Gasteiger partial charge is 0.416 e. The zero-order valence-corrected chi connectivity index (χ0v) is 8.05. The van der Waals surface area contributed by atoms with Gasteiger partial charge < -0.3 is 16.6 Å². The molecule has 0 spiro atoms. The molecule has 0 aromatic heterocycles. The van der Waals surface area contributed by atoms with E-state index in [1.165, 1.54) is 0 Å². The first kappa shape index (κ1) is 12.7. The summed E-state index contributed by atoms with van der Waals surface area (Å²) in [7, 11) is 0. The number of aliphatic hydroxyl groups excluding tert-OH is 1. The van der Waals surface area contributed by atoms with E-state index in [0.717, 1.165) is 0 Å². The number of hydrogen-bond acceptors (Lipinski definition) is 3. The van der Waals surface area contributed by atoms with Gasteiger partial charge >= 0.3 is 6.18 Å². The van der Waals surface area contributed by atoms with Crippen LogP contribution in [-0.2, 0) is 6.18 Å². The van der Waals surface area contributed by atoms with E-state index in [4.69, 9.17) is 16.6 Å². The predicted molar refractivity (Wildman–Crippen MR) is 49.8 cm³/mol. The highest BCUT2D eigenvalue weighted by atomic mass is 19.4. The first-order chi connectivity index (χ1) is 7.27. The van der Waals surface area contributed by atoms with Crippen LogP contribution in [0.2, 0.25) is 0 Å². The molecule has 0 heterocycles. The highest BCUT2D eigenvalue weighted by molar-refractivity contribution is 5.48. The normalized spacial score (nSPS) is 13.9. The number of anilines is 1. The van der Waals surface area contributed by atoms with Gasteiger partial charge in [0.05, 0.1) is 23.9 Å². The lowest BCUT2D eigenvalue weighted by Gasteiger charge is -2.17. The topological polar surface area (TPSA) is 72.3 Å². The molecular formula is C9H10F4N2O. The summed E-state index contributed by atoms with van der Waals surface area (Å²) in [6.45, 7) is -0.716. The van der Waals surface area contributed by atoms with Gasteiger partial charge in [-0.2, -0.15) is 13.2 Å². The second-order valence-corrected chi connectivity index (χ2v) is 3.25. The van der Waals surface area contributed by atoms with Gasteiger partial charge in [-0.1, -0.05) is 0 Å². The number of nitrogen functional groups attached to an aromatic ring is 1. The third kappa shape index (κ3) is 2.42. The number of benzene rings is 1. The quantitative estimate of drug-likeness (QED) is 0.539. The average Bonchev–Trinajstić information content (AvgIpc) is 2.18. The minimum Gasteiger partial charge on any atom is -0.396 e. The number of hydrogen-bond donors (Lipinski definition) is 3. The Labute approximate surface area is 88.7 Å². The minimum absolute atomic E-state index is 0.472. The molecule has 3 nitrogen and oxygen atoms in total. The molecule has 0 unspecified atom stereocenters. The van der Waals surface area contributed by atoms with Gasteiger partial charge in [0.2, 0.25) is 0 Å². The second-order valence-electron chi connectivity index (χ2n) is 3.25. The van der Waals surface area contributed by atoms with Crippen LogP contribution in [0.4, 0.5) is 23.2 Å². The van der Waals surface area contributed by atoms with Crippen molar-refractivity contribution in [2.24, 2.45) is 5.73 Å². The average molecular weight is 238 g/mol. The molecule has 0 saturated heterocycles. The van der Waals surface area contributed by atoms with Crippen LogP contribution in [0.5, 0.6) is 0 Å². The Morgan fingerprint density at radius 3 is 2.31 bits per heavy atom. The Hall–Kier alpha value is -1.34. The van der Waals surface area contributed by atoms with E-state index in [0.29, 0.717) is 12.1 Å².